The molecule has 0 atom stereocenters. The van der Waals surface area contributed by atoms with Crippen molar-refractivity contribution >= 4 is 5.95 Å². The Morgan fingerprint density at radius 2 is 2.42 bits per heavy atom. The molecule has 0 saturated heterocycles. The van der Waals surface area contributed by atoms with Gasteiger partial charge in [0, 0.05) is 6.54 Å². The Bertz CT molecular complexity index is 294. The van der Waals surface area contributed by atoms with E-state index in [9.17, 15) is 4.39 Å². The average Bonchev–Trinajstić information content (AvgIpc) is 2.05. The fraction of sp³-hybridized carbons (Fsp3) is 0.333. The highest BCUT2D eigenvalue weighted by Gasteiger charge is 1.97. The molecule has 0 fully saturated rings. The quantitative estimate of drug-likeness (QED) is 0.646. The van der Waals surface area contributed by atoms with Gasteiger partial charge in [0.25, 0.3) is 0 Å². The highest BCUT2D eigenvalue weighted by molar-refractivity contribution is 5.20. The van der Waals surface area contributed by atoms with Crippen LogP contribution in [0.5, 0.6) is 0 Å². The van der Waals surface area contributed by atoms with Gasteiger partial charge >= 0.3 is 6.08 Å². The van der Waals surface area contributed by atoms with Gasteiger partial charge in [-0.05, 0) is 0 Å². The molecule has 0 aliphatic heterocycles. The van der Waals surface area contributed by atoms with E-state index in [1.807, 2.05) is 6.07 Å². The number of nitriles is 1. The molecule has 6 heteroatoms. The molecule has 0 amide bonds. The molecule has 0 saturated carbocycles. The fourth-order valence-corrected chi connectivity index (χ4v) is 0.560. The van der Waals surface area contributed by atoms with Gasteiger partial charge in [0.15, 0.2) is 0 Å². The minimum atomic E-state index is -0.885. The van der Waals surface area contributed by atoms with Crippen LogP contribution in [-0.2, 0) is 0 Å². The molecule has 5 nitrogen and oxygen atoms in total. The Kier molecular flexibility index (Phi) is 2.90. The smallest absolute Gasteiger partial charge is 0.314 e. The Morgan fingerprint density at radius 1 is 1.58 bits per heavy atom. The maximum Gasteiger partial charge on any atom is 0.314 e. The first-order valence-electron chi connectivity index (χ1n) is 3.21. The number of nitrogens with zero attached hydrogens (tertiary/aromatic N) is 4. The lowest BCUT2D eigenvalue weighted by Gasteiger charge is -1.98. The van der Waals surface area contributed by atoms with Crippen LogP contribution in [0.2, 0.25) is 0 Å². The zero-order valence-corrected chi connectivity index (χ0v) is 6.08. The first-order valence-corrected chi connectivity index (χ1v) is 3.21. The van der Waals surface area contributed by atoms with Gasteiger partial charge in [-0.2, -0.15) is 24.6 Å². The summed E-state index contributed by atoms with van der Waals surface area (Å²) < 4.78 is 12.3. The van der Waals surface area contributed by atoms with Crippen molar-refractivity contribution < 1.29 is 4.39 Å². The number of halogens is 1. The minimum absolute atomic E-state index is 0.0951. The summed E-state index contributed by atoms with van der Waals surface area (Å²) in [6.45, 7) is 0.383. The Balaban J connectivity index is 2.48. The monoisotopic (exact) mass is 166 g/mol. The molecule has 0 aliphatic rings. The van der Waals surface area contributed by atoms with Crippen LogP contribution in [0.4, 0.5) is 10.3 Å². The van der Waals surface area contributed by atoms with Crippen molar-refractivity contribution in [2.75, 3.05) is 11.9 Å². The summed E-state index contributed by atoms with van der Waals surface area (Å²) in [5.74, 6) is 0.0951. The highest BCUT2D eigenvalue weighted by Crippen LogP contribution is 1.94. The van der Waals surface area contributed by atoms with Gasteiger partial charge in [0.2, 0.25) is 12.3 Å². The fourth-order valence-electron chi connectivity index (χ4n) is 0.560. The zero-order chi connectivity index (χ0) is 8.81. The van der Waals surface area contributed by atoms with Crippen LogP contribution in [-0.4, -0.2) is 21.5 Å². The van der Waals surface area contributed by atoms with Crippen molar-refractivity contribution in [3.8, 4) is 6.07 Å². The molecular weight excluding hydrogens is 161 g/mol. The Morgan fingerprint density at radius 3 is 3.08 bits per heavy atom. The summed E-state index contributed by atoms with van der Waals surface area (Å²) in [6, 6.07) is 1.91. The van der Waals surface area contributed by atoms with Crippen molar-refractivity contribution in [3.63, 3.8) is 0 Å². The van der Waals surface area contributed by atoms with E-state index in [2.05, 4.69) is 26.6 Å². The van der Waals surface area contributed by atoms with E-state index in [1.165, 1.54) is 0 Å². The number of aromatic nitrogens is 3. The minimum Gasteiger partial charge on any atom is -0.353 e. The molecule has 0 aliphatic carbocycles. The molecular formula is C6H5FN5. The van der Waals surface area contributed by atoms with E-state index in [1.54, 1.807) is 0 Å². The molecule has 0 spiro atoms. The Labute approximate surface area is 68.3 Å². The molecule has 0 aromatic carbocycles. The van der Waals surface area contributed by atoms with Crippen molar-refractivity contribution in [3.05, 3.63) is 12.4 Å². The van der Waals surface area contributed by atoms with Crippen molar-refractivity contribution in [2.45, 2.75) is 6.42 Å². The number of hydrogen-bond donors (Lipinski definition) is 1. The second kappa shape index (κ2) is 4.18. The van der Waals surface area contributed by atoms with E-state index in [-0.39, 0.29) is 5.95 Å². The van der Waals surface area contributed by atoms with Gasteiger partial charge < -0.3 is 5.32 Å². The molecule has 1 N–H and O–H groups in total. The van der Waals surface area contributed by atoms with Crippen molar-refractivity contribution in [1.82, 2.24) is 15.0 Å². The van der Waals surface area contributed by atoms with Crippen LogP contribution in [0.25, 0.3) is 0 Å². The first kappa shape index (κ1) is 8.33. The summed E-state index contributed by atoms with van der Waals surface area (Å²) in [6.07, 6.45) is 1.50. The van der Waals surface area contributed by atoms with Gasteiger partial charge in [-0.1, -0.05) is 0 Å². The zero-order valence-electron chi connectivity index (χ0n) is 6.08. The topological polar surface area (TPSA) is 74.5 Å². The number of rotatable bonds is 3. The number of anilines is 1. The molecule has 1 rings (SSSR count). The molecule has 1 radical (unpaired) electrons. The standard InChI is InChI=1S/C6H5FN5/c7-5-10-4-11-6(12-5)9-3-1-2-8/h1,3H2,(H,9,10,11,12). The van der Waals surface area contributed by atoms with E-state index >= 15 is 0 Å². The van der Waals surface area contributed by atoms with E-state index in [4.69, 9.17) is 5.26 Å². The largest absolute Gasteiger partial charge is 0.353 e. The summed E-state index contributed by atoms with van der Waals surface area (Å²) in [7, 11) is 0. The third-order valence-corrected chi connectivity index (χ3v) is 1.02. The van der Waals surface area contributed by atoms with Crippen LogP contribution in [0.1, 0.15) is 6.42 Å². The maximum absolute atomic E-state index is 12.3. The van der Waals surface area contributed by atoms with Crippen molar-refractivity contribution in [1.29, 1.82) is 5.26 Å². The number of nitrogens with one attached hydrogen (secondary N) is 1. The van der Waals surface area contributed by atoms with Crippen LogP contribution in [0, 0.1) is 23.7 Å². The van der Waals surface area contributed by atoms with Crippen molar-refractivity contribution in [2.24, 2.45) is 0 Å². The molecule has 12 heavy (non-hydrogen) atoms. The molecule has 0 bridgehead atoms. The van der Waals surface area contributed by atoms with E-state index in [0.29, 0.717) is 13.0 Å². The van der Waals surface area contributed by atoms with E-state index in [0.717, 1.165) is 0 Å². The summed E-state index contributed by atoms with van der Waals surface area (Å²) >= 11 is 0. The summed E-state index contributed by atoms with van der Waals surface area (Å²) in [5.41, 5.74) is 0. The lowest BCUT2D eigenvalue weighted by Crippen LogP contribution is -2.06. The van der Waals surface area contributed by atoms with Crippen LogP contribution >= 0.6 is 0 Å². The van der Waals surface area contributed by atoms with Crippen LogP contribution in [0.15, 0.2) is 0 Å². The predicted octanol–water partition coefficient (Wildman–Crippen LogP) is 0.136. The van der Waals surface area contributed by atoms with E-state index < -0.39 is 6.08 Å². The lowest BCUT2D eigenvalue weighted by molar-refractivity contribution is 0.532. The van der Waals surface area contributed by atoms with Gasteiger partial charge in [-0.15, -0.1) is 0 Å². The molecule has 61 valence electrons. The summed E-state index contributed by atoms with van der Waals surface area (Å²) in [5, 5.41) is 10.8. The maximum atomic E-state index is 12.3. The third-order valence-electron chi connectivity index (χ3n) is 1.02. The van der Waals surface area contributed by atoms with Gasteiger partial charge in [0.05, 0.1) is 12.5 Å². The van der Waals surface area contributed by atoms with Gasteiger partial charge in [0.1, 0.15) is 0 Å². The third kappa shape index (κ3) is 2.46. The Hall–Kier alpha value is -1.77. The molecule has 1 aromatic heterocycles. The van der Waals surface area contributed by atoms with Gasteiger partial charge in [-0.25, -0.2) is 0 Å². The number of hydrogen-bond acceptors (Lipinski definition) is 5. The summed E-state index contributed by atoms with van der Waals surface area (Å²) in [4.78, 5) is 9.86. The molecule has 1 heterocycles. The SMILES string of the molecule is N#CCCNc1n[c]nc(F)n1. The first-order chi connectivity index (χ1) is 5.83. The predicted molar refractivity (Wildman–Crippen MR) is 37.3 cm³/mol. The molecule has 1 aromatic rings. The normalized spacial score (nSPS) is 9.00. The second-order valence-corrected chi connectivity index (χ2v) is 1.86. The average molecular weight is 166 g/mol. The highest BCUT2D eigenvalue weighted by atomic mass is 19.1. The molecule has 0 unspecified atom stereocenters. The van der Waals surface area contributed by atoms with Crippen LogP contribution < -0.4 is 5.32 Å². The second-order valence-electron chi connectivity index (χ2n) is 1.86. The lowest BCUT2D eigenvalue weighted by atomic mass is 10.5. The van der Waals surface area contributed by atoms with Crippen LogP contribution in [0.3, 0.4) is 0 Å². The van der Waals surface area contributed by atoms with Gasteiger partial charge in [-0.3, -0.25) is 0 Å².